The molecule has 0 unspecified atom stereocenters. The monoisotopic (exact) mass is 353 g/mol. The van der Waals surface area contributed by atoms with Crippen LogP contribution in [-0.4, -0.2) is 37.8 Å². The summed E-state index contributed by atoms with van der Waals surface area (Å²) in [5, 5.41) is 11.5. The Balaban J connectivity index is 1.78. The fourth-order valence-corrected chi connectivity index (χ4v) is 3.28. The van der Waals surface area contributed by atoms with Gasteiger partial charge in [0.1, 0.15) is 17.0 Å². The molecule has 4 rings (SSSR count). The van der Waals surface area contributed by atoms with E-state index in [0.29, 0.717) is 22.6 Å². The van der Waals surface area contributed by atoms with E-state index in [1.165, 1.54) is 0 Å². The van der Waals surface area contributed by atoms with Crippen molar-refractivity contribution in [1.82, 2.24) is 30.0 Å². The van der Waals surface area contributed by atoms with E-state index in [4.69, 9.17) is 4.98 Å². The van der Waals surface area contributed by atoms with Crippen LogP contribution in [0.15, 0.2) is 29.5 Å². The van der Waals surface area contributed by atoms with Crippen LogP contribution in [0.5, 0.6) is 0 Å². The minimum absolute atomic E-state index is 0.196. The number of rotatable bonds is 4. The Labute approximate surface area is 151 Å². The average Bonchev–Trinajstić information content (AvgIpc) is 3.11. The number of nitrogens with one attached hydrogen (secondary N) is 3. The topological polar surface area (TPSA) is 101 Å². The second kappa shape index (κ2) is 6.87. The van der Waals surface area contributed by atoms with E-state index in [9.17, 15) is 4.79 Å². The lowest BCUT2D eigenvalue weighted by molar-refractivity contribution is 0.446. The van der Waals surface area contributed by atoms with Gasteiger partial charge in [-0.2, -0.15) is 5.10 Å². The van der Waals surface area contributed by atoms with E-state index in [-0.39, 0.29) is 11.6 Å². The minimum atomic E-state index is -0.196. The van der Waals surface area contributed by atoms with Gasteiger partial charge in [-0.3, -0.25) is 9.48 Å². The predicted octanol–water partition coefficient (Wildman–Crippen LogP) is 2.31. The molecular weight excluding hydrogens is 330 g/mol. The van der Waals surface area contributed by atoms with Crippen molar-refractivity contribution in [1.29, 1.82) is 0 Å². The number of anilines is 2. The molecule has 1 aliphatic rings. The Kier molecular flexibility index (Phi) is 4.42. The zero-order valence-corrected chi connectivity index (χ0v) is 15.0. The smallest absolute Gasteiger partial charge is 0.261 e. The second-order valence-electron chi connectivity index (χ2n) is 6.95. The molecule has 0 saturated carbocycles. The molecule has 4 heterocycles. The van der Waals surface area contributed by atoms with Gasteiger partial charge in [0.25, 0.3) is 5.56 Å². The van der Waals surface area contributed by atoms with Gasteiger partial charge in [-0.25, -0.2) is 9.97 Å². The van der Waals surface area contributed by atoms with Crippen LogP contribution in [0.25, 0.3) is 10.9 Å². The minimum Gasteiger partial charge on any atom is -0.337 e. The summed E-state index contributed by atoms with van der Waals surface area (Å²) >= 11 is 0. The van der Waals surface area contributed by atoms with Crippen LogP contribution in [-0.2, 0) is 0 Å². The predicted molar refractivity (Wildman–Crippen MR) is 101 cm³/mol. The maximum absolute atomic E-state index is 12.4. The molecule has 0 aliphatic carbocycles. The molecule has 0 bridgehead atoms. The maximum atomic E-state index is 12.4. The highest BCUT2D eigenvalue weighted by molar-refractivity contribution is 5.89. The van der Waals surface area contributed by atoms with Gasteiger partial charge in [-0.15, -0.1) is 0 Å². The Morgan fingerprint density at radius 1 is 1.27 bits per heavy atom. The van der Waals surface area contributed by atoms with Gasteiger partial charge >= 0.3 is 0 Å². The number of pyridine rings is 1. The molecule has 0 amide bonds. The fourth-order valence-electron chi connectivity index (χ4n) is 3.28. The fraction of sp³-hybridized carbons (Fsp3) is 0.444. The Hall–Kier alpha value is -2.74. The number of piperidine rings is 1. The van der Waals surface area contributed by atoms with Crippen LogP contribution < -0.4 is 16.2 Å². The molecule has 8 nitrogen and oxygen atoms in total. The Morgan fingerprint density at radius 2 is 2.08 bits per heavy atom. The van der Waals surface area contributed by atoms with Crippen LogP contribution in [0, 0.1) is 0 Å². The molecule has 0 aromatic carbocycles. The van der Waals surface area contributed by atoms with Gasteiger partial charge in [-0.1, -0.05) is 0 Å². The Bertz CT molecular complexity index is 969. The van der Waals surface area contributed by atoms with Crippen molar-refractivity contribution in [2.75, 3.05) is 18.4 Å². The molecule has 0 atom stereocenters. The van der Waals surface area contributed by atoms with Crippen molar-refractivity contribution >= 4 is 22.4 Å². The van der Waals surface area contributed by atoms with Crippen LogP contribution >= 0.6 is 0 Å². The van der Waals surface area contributed by atoms with E-state index < -0.39 is 0 Å². The molecule has 0 radical (unpaired) electrons. The van der Waals surface area contributed by atoms with Crippen molar-refractivity contribution in [2.24, 2.45) is 0 Å². The molecule has 3 aromatic rings. The van der Waals surface area contributed by atoms with Gasteiger partial charge in [0, 0.05) is 24.4 Å². The van der Waals surface area contributed by atoms with E-state index in [1.54, 1.807) is 12.4 Å². The summed E-state index contributed by atoms with van der Waals surface area (Å²) in [5.74, 6) is 1.64. The third kappa shape index (κ3) is 3.20. The van der Waals surface area contributed by atoms with Gasteiger partial charge < -0.3 is 15.6 Å². The molecule has 3 N–H and O–H groups in total. The van der Waals surface area contributed by atoms with Crippen LogP contribution in [0.4, 0.5) is 11.5 Å². The molecular formula is C18H23N7O. The lowest BCUT2D eigenvalue weighted by Crippen LogP contribution is -2.27. The summed E-state index contributed by atoms with van der Waals surface area (Å²) in [4.78, 5) is 24.5. The zero-order valence-electron chi connectivity index (χ0n) is 15.0. The van der Waals surface area contributed by atoms with E-state index >= 15 is 0 Å². The van der Waals surface area contributed by atoms with Gasteiger partial charge in [-0.05, 0) is 45.8 Å². The third-order valence-electron chi connectivity index (χ3n) is 4.73. The highest BCUT2D eigenvalue weighted by atomic mass is 16.1. The number of fused-ring (bicyclic) bond motifs is 1. The SMILES string of the molecule is CC(C)n1cc(Nc2nc(C3CCNCC3)nc3cc[nH]c(=O)c23)cn1. The summed E-state index contributed by atoms with van der Waals surface area (Å²) in [7, 11) is 0. The van der Waals surface area contributed by atoms with E-state index in [0.717, 1.165) is 37.4 Å². The largest absolute Gasteiger partial charge is 0.337 e. The molecule has 136 valence electrons. The van der Waals surface area contributed by atoms with Gasteiger partial charge in [0.05, 0.1) is 17.4 Å². The lowest BCUT2D eigenvalue weighted by Gasteiger charge is -2.22. The van der Waals surface area contributed by atoms with Crippen molar-refractivity contribution in [2.45, 2.75) is 38.6 Å². The highest BCUT2D eigenvalue weighted by Gasteiger charge is 2.21. The molecule has 26 heavy (non-hydrogen) atoms. The molecule has 0 spiro atoms. The number of hydrogen-bond donors (Lipinski definition) is 3. The van der Waals surface area contributed by atoms with Gasteiger partial charge in [0.15, 0.2) is 0 Å². The number of aromatic nitrogens is 5. The first-order chi connectivity index (χ1) is 12.6. The van der Waals surface area contributed by atoms with Crippen LogP contribution in [0.1, 0.15) is 44.5 Å². The van der Waals surface area contributed by atoms with Crippen LogP contribution in [0.3, 0.4) is 0 Å². The number of hydrogen-bond acceptors (Lipinski definition) is 6. The second-order valence-corrected chi connectivity index (χ2v) is 6.95. The zero-order chi connectivity index (χ0) is 18.1. The Morgan fingerprint density at radius 3 is 2.81 bits per heavy atom. The van der Waals surface area contributed by atoms with Crippen molar-refractivity contribution in [3.63, 3.8) is 0 Å². The quantitative estimate of drug-likeness (QED) is 0.665. The molecule has 8 heteroatoms. The maximum Gasteiger partial charge on any atom is 0.261 e. The standard InChI is InChI=1S/C18H23N7O/c1-11(2)25-10-13(9-21-25)22-17-15-14(5-8-20-18(15)26)23-16(24-17)12-3-6-19-7-4-12/h5,8-12,19H,3-4,6-7H2,1-2H3,(H,20,26)(H,22,23,24). The van der Waals surface area contributed by atoms with E-state index in [1.807, 2.05) is 16.9 Å². The molecule has 1 aliphatic heterocycles. The van der Waals surface area contributed by atoms with Gasteiger partial charge in [0.2, 0.25) is 0 Å². The van der Waals surface area contributed by atoms with Crippen molar-refractivity contribution < 1.29 is 0 Å². The van der Waals surface area contributed by atoms with Crippen LogP contribution in [0.2, 0.25) is 0 Å². The van der Waals surface area contributed by atoms with Crippen molar-refractivity contribution in [3.05, 3.63) is 40.8 Å². The summed E-state index contributed by atoms with van der Waals surface area (Å²) in [6, 6.07) is 2.09. The average molecular weight is 353 g/mol. The highest BCUT2D eigenvalue weighted by Crippen LogP contribution is 2.27. The third-order valence-corrected chi connectivity index (χ3v) is 4.73. The molecule has 3 aromatic heterocycles. The molecule has 1 saturated heterocycles. The number of aromatic amines is 1. The first-order valence-corrected chi connectivity index (χ1v) is 9.03. The molecule has 1 fully saturated rings. The first kappa shape index (κ1) is 16.7. The normalized spacial score (nSPS) is 15.7. The summed E-state index contributed by atoms with van der Waals surface area (Å²) < 4.78 is 1.86. The first-order valence-electron chi connectivity index (χ1n) is 9.03. The van der Waals surface area contributed by atoms with Crippen molar-refractivity contribution in [3.8, 4) is 0 Å². The number of nitrogens with zero attached hydrogens (tertiary/aromatic N) is 4. The van der Waals surface area contributed by atoms with E-state index in [2.05, 4.69) is 39.5 Å². The summed E-state index contributed by atoms with van der Waals surface area (Å²) in [6.07, 6.45) is 7.29. The summed E-state index contributed by atoms with van der Waals surface area (Å²) in [6.45, 7) is 6.06. The lowest BCUT2D eigenvalue weighted by atomic mass is 9.97. The number of H-pyrrole nitrogens is 1. The summed E-state index contributed by atoms with van der Waals surface area (Å²) in [5.41, 5.74) is 1.27.